The number of benzene rings is 1. The third-order valence-corrected chi connectivity index (χ3v) is 4.31. The first-order valence-electron chi connectivity index (χ1n) is 9.21. The number of nitrogens with zero attached hydrogens (tertiary/aromatic N) is 2. The lowest BCUT2D eigenvalue weighted by atomic mass is 10.2. The highest BCUT2D eigenvalue weighted by molar-refractivity contribution is 6.04. The lowest BCUT2D eigenvalue weighted by Gasteiger charge is -2.23. The van der Waals surface area contributed by atoms with Crippen LogP contribution < -0.4 is 21.9 Å². The van der Waals surface area contributed by atoms with E-state index in [1.54, 1.807) is 12.1 Å². The first kappa shape index (κ1) is 19.9. The van der Waals surface area contributed by atoms with Crippen LogP contribution in [0.4, 0.5) is 11.5 Å². The number of H-pyrrole nitrogens is 1. The van der Waals surface area contributed by atoms with Gasteiger partial charge in [-0.05, 0) is 30.2 Å². The lowest BCUT2D eigenvalue weighted by molar-refractivity contribution is -0.114. The summed E-state index contributed by atoms with van der Waals surface area (Å²) in [6, 6.07) is 12.6. The molecule has 29 heavy (non-hydrogen) atoms. The SMILES string of the molecule is CCCN(C(=O)/C=C/c1ccco1)c1c(N)n(Cc2ccccc2)c(=O)[nH]c1=O. The standard InChI is InChI=1S/C21H22N4O4/c1-2-12-24(17(26)11-10-16-9-6-13-29-16)18-19(22)25(21(28)23-20(18)27)14-15-7-4-3-5-8-15/h3-11,13H,2,12,14,22H2,1H3,(H,23,27,28)/b11-10+. The smallest absolute Gasteiger partial charge is 0.330 e. The van der Waals surface area contributed by atoms with Crippen LogP contribution in [0.3, 0.4) is 0 Å². The van der Waals surface area contributed by atoms with Gasteiger partial charge in [-0.15, -0.1) is 0 Å². The van der Waals surface area contributed by atoms with E-state index in [0.29, 0.717) is 12.2 Å². The summed E-state index contributed by atoms with van der Waals surface area (Å²) < 4.78 is 6.43. The van der Waals surface area contributed by atoms with Gasteiger partial charge in [0, 0.05) is 12.6 Å². The molecule has 3 rings (SSSR count). The first-order chi connectivity index (χ1) is 14.0. The molecule has 0 aliphatic carbocycles. The van der Waals surface area contributed by atoms with Crippen LogP contribution in [-0.4, -0.2) is 22.0 Å². The van der Waals surface area contributed by atoms with Gasteiger partial charge >= 0.3 is 5.69 Å². The van der Waals surface area contributed by atoms with E-state index in [0.717, 1.165) is 5.56 Å². The Balaban J connectivity index is 2.01. The van der Waals surface area contributed by atoms with Crippen molar-refractivity contribution in [3.63, 3.8) is 0 Å². The van der Waals surface area contributed by atoms with Gasteiger partial charge in [0.05, 0.1) is 12.8 Å². The average Bonchev–Trinajstić information content (AvgIpc) is 3.23. The van der Waals surface area contributed by atoms with Crippen LogP contribution in [0.15, 0.2) is 68.8 Å². The molecular weight excluding hydrogens is 372 g/mol. The zero-order valence-electron chi connectivity index (χ0n) is 16.0. The number of nitrogen functional groups attached to an aromatic ring is 1. The molecule has 150 valence electrons. The van der Waals surface area contributed by atoms with E-state index < -0.39 is 17.2 Å². The summed E-state index contributed by atoms with van der Waals surface area (Å²) in [6.45, 7) is 2.31. The molecule has 0 saturated heterocycles. The zero-order chi connectivity index (χ0) is 20.8. The Morgan fingerprint density at radius 3 is 2.62 bits per heavy atom. The van der Waals surface area contributed by atoms with Crippen molar-refractivity contribution in [2.24, 2.45) is 0 Å². The van der Waals surface area contributed by atoms with Crippen LogP contribution in [0.1, 0.15) is 24.7 Å². The van der Waals surface area contributed by atoms with E-state index in [9.17, 15) is 14.4 Å². The molecule has 0 spiro atoms. The number of carbonyl (C=O) groups excluding carboxylic acids is 1. The van der Waals surface area contributed by atoms with Gasteiger partial charge < -0.3 is 15.1 Å². The molecular formula is C21H22N4O4. The maximum absolute atomic E-state index is 12.8. The highest BCUT2D eigenvalue weighted by Gasteiger charge is 2.22. The minimum absolute atomic E-state index is 0.0449. The van der Waals surface area contributed by atoms with Gasteiger partial charge in [0.2, 0.25) is 0 Å². The third-order valence-electron chi connectivity index (χ3n) is 4.31. The summed E-state index contributed by atoms with van der Waals surface area (Å²) in [5.74, 6) is 0.00638. The molecule has 0 aliphatic heterocycles. The Morgan fingerprint density at radius 2 is 1.97 bits per heavy atom. The monoisotopic (exact) mass is 394 g/mol. The first-order valence-corrected chi connectivity index (χ1v) is 9.21. The molecule has 0 bridgehead atoms. The number of rotatable bonds is 7. The predicted octanol–water partition coefficient (Wildman–Crippen LogP) is 2.22. The van der Waals surface area contributed by atoms with Gasteiger partial charge in [0.25, 0.3) is 11.5 Å². The molecule has 0 saturated carbocycles. The lowest BCUT2D eigenvalue weighted by Crippen LogP contribution is -2.41. The molecule has 3 N–H and O–H groups in total. The van der Waals surface area contributed by atoms with Crippen molar-refractivity contribution < 1.29 is 9.21 Å². The molecule has 8 nitrogen and oxygen atoms in total. The van der Waals surface area contributed by atoms with Crippen molar-refractivity contribution in [1.82, 2.24) is 9.55 Å². The number of hydrogen-bond donors (Lipinski definition) is 2. The Kier molecular flexibility index (Phi) is 6.13. The largest absolute Gasteiger partial charge is 0.465 e. The summed E-state index contributed by atoms with van der Waals surface area (Å²) in [5.41, 5.74) is 5.66. The van der Waals surface area contributed by atoms with Gasteiger partial charge in [0.1, 0.15) is 11.6 Å². The van der Waals surface area contributed by atoms with E-state index in [1.165, 1.54) is 27.9 Å². The third kappa shape index (κ3) is 4.55. The van der Waals surface area contributed by atoms with Crippen LogP contribution in [0, 0.1) is 0 Å². The minimum atomic E-state index is -0.704. The second-order valence-electron chi connectivity index (χ2n) is 6.40. The Bertz CT molecular complexity index is 1110. The number of nitrogens with one attached hydrogen (secondary N) is 1. The zero-order valence-corrected chi connectivity index (χ0v) is 16.0. The van der Waals surface area contributed by atoms with E-state index in [4.69, 9.17) is 10.2 Å². The quantitative estimate of drug-likeness (QED) is 0.597. The number of carbonyl (C=O) groups is 1. The maximum Gasteiger partial charge on any atom is 0.330 e. The number of anilines is 2. The van der Waals surface area contributed by atoms with Crippen molar-refractivity contribution in [3.05, 3.63) is 87.0 Å². The number of aromatic nitrogens is 2. The molecule has 0 radical (unpaired) electrons. The molecule has 1 aromatic carbocycles. The highest BCUT2D eigenvalue weighted by atomic mass is 16.3. The second kappa shape index (κ2) is 8.92. The normalized spacial score (nSPS) is 11.1. The van der Waals surface area contributed by atoms with Crippen molar-refractivity contribution in [2.75, 3.05) is 17.2 Å². The van der Waals surface area contributed by atoms with Crippen molar-refractivity contribution >= 4 is 23.5 Å². The summed E-state index contributed by atoms with van der Waals surface area (Å²) in [5, 5.41) is 0. The van der Waals surface area contributed by atoms with E-state index in [-0.39, 0.29) is 24.6 Å². The summed E-state index contributed by atoms with van der Waals surface area (Å²) >= 11 is 0. The molecule has 0 unspecified atom stereocenters. The fraction of sp³-hybridized carbons (Fsp3) is 0.190. The Morgan fingerprint density at radius 1 is 1.21 bits per heavy atom. The van der Waals surface area contributed by atoms with E-state index >= 15 is 0 Å². The molecule has 2 aromatic heterocycles. The van der Waals surface area contributed by atoms with Gasteiger partial charge in [0.15, 0.2) is 5.69 Å². The van der Waals surface area contributed by atoms with Crippen LogP contribution in [0.5, 0.6) is 0 Å². The number of nitrogens with two attached hydrogens (primary N) is 1. The molecule has 0 atom stereocenters. The van der Waals surface area contributed by atoms with Crippen LogP contribution in [0.2, 0.25) is 0 Å². The fourth-order valence-corrected chi connectivity index (χ4v) is 2.95. The highest BCUT2D eigenvalue weighted by Crippen LogP contribution is 2.19. The second-order valence-corrected chi connectivity index (χ2v) is 6.40. The number of furan rings is 1. The summed E-state index contributed by atoms with van der Waals surface area (Å²) in [4.78, 5) is 41.2. The molecule has 0 aliphatic rings. The number of amides is 1. The number of hydrogen-bond acceptors (Lipinski definition) is 5. The molecule has 8 heteroatoms. The van der Waals surface area contributed by atoms with Crippen LogP contribution >= 0.6 is 0 Å². The summed E-state index contributed by atoms with van der Waals surface area (Å²) in [6.07, 6.45) is 4.91. The fourth-order valence-electron chi connectivity index (χ4n) is 2.95. The predicted molar refractivity (Wildman–Crippen MR) is 112 cm³/mol. The van der Waals surface area contributed by atoms with Gasteiger partial charge in [-0.25, -0.2) is 4.79 Å². The molecule has 2 heterocycles. The van der Waals surface area contributed by atoms with E-state index in [2.05, 4.69) is 4.98 Å². The van der Waals surface area contributed by atoms with E-state index in [1.807, 2.05) is 37.3 Å². The molecule has 1 amide bonds. The van der Waals surface area contributed by atoms with Crippen LogP contribution in [0.25, 0.3) is 6.08 Å². The molecule has 3 aromatic rings. The van der Waals surface area contributed by atoms with Gasteiger partial charge in [-0.2, -0.15) is 0 Å². The maximum atomic E-state index is 12.8. The summed E-state index contributed by atoms with van der Waals surface area (Å²) in [7, 11) is 0. The Hall–Kier alpha value is -3.81. The Labute approximate surface area is 166 Å². The van der Waals surface area contributed by atoms with Crippen molar-refractivity contribution in [1.29, 1.82) is 0 Å². The molecule has 0 fully saturated rings. The minimum Gasteiger partial charge on any atom is -0.465 e. The topological polar surface area (TPSA) is 114 Å². The average molecular weight is 394 g/mol. The van der Waals surface area contributed by atoms with Crippen molar-refractivity contribution in [3.8, 4) is 0 Å². The van der Waals surface area contributed by atoms with Crippen LogP contribution in [-0.2, 0) is 11.3 Å². The van der Waals surface area contributed by atoms with Crippen molar-refractivity contribution in [2.45, 2.75) is 19.9 Å². The van der Waals surface area contributed by atoms with Gasteiger partial charge in [-0.1, -0.05) is 37.3 Å². The number of aromatic amines is 1. The van der Waals surface area contributed by atoms with Gasteiger partial charge in [-0.3, -0.25) is 19.1 Å².